The van der Waals surface area contributed by atoms with Crippen molar-refractivity contribution in [3.05, 3.63) is 51.8 Å². The molecule has 1 aromatic heterocycles. The van der Waals surface area contributed by atoms with Crippen LogP contribution >= 0.6 is 0 Å². The molecule has 112 valence electrons. The quantitative estimate of drug-likeness (QED) is 0.638. The zero-order valence-electron chi connectivity index (χ0n) is 12.6. The predicted octanol–water partition coefficient (Wildman–Crippen LogP) is 4.22. The maximum atomic E-state index is 10.8. The van der Waals surface area contributed by atoms with Gasteiger partial charge in [0.25, 0.3) is 5.69 Å². The van der Waals surface area contributed by atoms with Crippen molar-refractivity contribution in [3.63, 3.8) is 0 Å². The van der Waals surface area contributed by atoms with E-state index in [2.05, 4.69) is 19.2 Å². The Labute approximate surface area is 124 Å². The summed E-state index contributed by atoms with van der Waals surface area (Å²) in [4.78, 5) is 10.4. The standard InChI is InChI=1S/C16H20N2O3/c1-4-14(17-5-2)16-9-8-15(21-16)13-7-6-12(18(19)20)10-11(13)3/h6-10,14,17H,4-5H2,1-3H3. The molecule has 0 fully saturated rings. The summed E-state index contributed by atoms with van der Waals surface area (Å²) >= 11 is 0. The average molecular weight is 288 g/mol. The van der Waals surface area contributed by atoms with Crippen LogP contribution in [0.25, 0.3) is 11.3 Å². The molecule has 1 aromatic carbocycles. The number of hydrogen-bond donors (Lipinski definition) is 1. The van der Waals surface area contributed by atoms with Gasteiger partial charge in [0.1, 0.15) is 11.5 Å². The van der Waals surface area contributed by atoms with Crippen molar-refractivity contribution in [2.24, 2.45) is 0 Å². The summed E-state index contributed by atoms with van der Waals surface area (Å²) in [6.07, 6.45) is 0.944. The van der Waals surface area contributed by atoms with Gasteiger partial charge in [-0.3, -0.25) is 10.1 Å². The molecule has 2 rings (SSSR count). The predicted molar refractivity (Wildman–Crippen MR) is 82.2 cm³/mol. The van der Waals surface area contributed by atoms with E-state index in [1.165, 1.54) is 6.07 Å². The van der Waals surface area contributed by atoms with Crippen molar-refractivity contribution < 1.29 is 9.34 Å². The number of furan rings is 1. The number of nitro benzene ring substituents is 1. The van der Waals surface area contributed by atoms with Crippen LogP contribution in [0.1, 0.15) is 37.6 Å². The fourth-order valence-corrected chi connectivity index (χ4v) is 2.42. The molecular formula is C16H20N2O3. The molecule has 21 heavy (non-hydrogen) atoms. The summed E-state index contributed by atoms with van der Waals surface area (Å²) in [5.74, 6) is 1.64. The number of nitrogens with one attached hydrogen (secondary N) is 1. The van der Waals surface area contributed by atoms with E-state index in [4.69, 9.17) is 4.42 Å². The lowest BCUT2D eigenvalue weighted by molar-refractivity contribution is -0.384. The fourth-order valence-electron chi connectivity index (χ4n) is 2.42. The molecule has 5 nitrogen and oxygen atoms in total. The third kappa shape index (κ3) is 3.31. The van der Waals surface area contributed by atoms with Gasteiger partial charge in [0.2, 0.25) is 0 Å². The van der Waals surface area contributed by atoms with Crippen LogP contribution in [0.2, 0.25) is 0 Å². The van der Waals surface area contributed by atoms with Crippen molar-refractivity contribution in [1.29, 1.82) is 0 Å². The SMILES string of the molecule is CCNC(CC)c1ccc(-c2ccc([N+](=O)[O-])cc2C)o1. The third-order valence-corrected chi connectivity index (χ3v) is 3.52. The molecule has 0 saturated carbocycles. The molecule has 1 atom stereocenters. The molecule has 0 radical (unpaired) electrons. The molecule has 0 aliphatic heterocycles. The Bertz CT molecular complexity index is 634. The topological polar surface area (TPSA) is 68.3 Å². The minimum Gasteiger partial charge on any atom is -0.459 e. The van der Waals surface area contributed by atoms with E-state index in [9.17, 15) is 10.1 Å². The molecule has 5 heteroatoms. The van der Waals surface area contributed by atoms with Crippen molar-refractivity contribution in [2.45, 2.75) is 33.2 Å². The second-order valence-corrected chi connectivity index (χ2v) is 4.98. The lowest BCUT2D eigenvalue weighted by atomic mass is 10.1. The number of non-ortho nitro benzene ring substituents is 1. The van der Waals surface area contributed by atoms with E-state index in [0.29, 0.717) is 0 Å². The number of nitrogens with zero attached hydrogens (tertiary/aromatic N) is 1. The second kappa shape index (κ2) is 6.54. The fraction of sp³-hybridized carbons (Fsp3) is 0.375. The molecular weight excluding hydrogens is 268 g/mol. The van der Waals surface area contributed by atoms with E-state index in [1.807, 2.05) is 19.1 Å². The Balaban J connectivity index is 2.31. The van der Waals surface area contributed by atoms with Crippen molar-refractivity contribution in [2.75, 3.05) is 6.54 Å². The number of hydrogen-bond acceptors (Lipinski definition) is 4. The molecule has 0 aliphatic carbocycles. The summed E-state index contributed by atoms with van der Waals surface area (Å²) in [6.45, 7) is 6.90. The minimum absolute atomic E-state index is 0.0992. The van der Waals surface area contributed by atoms with Crippen LogP contribution in [0.5, 0.6) is 0 Å². The van der Waals surface area contributed by atoms with Crippen LogP contribution in [0.3, 0.4) is 0 Å². The first kappa shape index (κ1) is 15.3. The molecule has 1 N–H and O–H groups in total. The normalized spacial score (nSPS) is 12.3. The van der Waals surface area contributed by atoms with Crippen LogP contribution in [-0.4, -0.2) is 11.5 Å². The Morgan fingerprint density at radius 3 is 2.62 bits per heavy atom. The molecule has 2 aromatic rings. The highest BCUT2D eigenvalue weighted by Crippen LogP contribution is 2.30. The summed E-state index contributed by atoms with van der Waals surface area (Å²) in [5, 5.41) is 14.1. The van der Waals surface area contributed by atoms with E-state index in [0.717, 1.165) is 35.6 Å². The van der Waals surface area contributed by atoms with E-state index in [1.54, 1.807) is 12.1 Å². The number of nitro groups is 1. The van der Waals surface area contributed by atoms with Gasteiger partial charge in [-0.2, -0.15) is 0 Å². The Morgan fingerprint density at radius 1 is 1.29 bits per heavy atom. The lowest BCUT2D eigenvalue weighted by Gasteiger charge is -2.12. The highest BCUT2D eigenvalue weighted by molar-refractivity contribution is 5.64. The third-order valence-electron chi connectivity index (χ3n) is 3.52. The van der Waals surface area contributed by atoms with Gasteiger partial charge in [0, 0.05) is 17.7 Å². The molecule has 0 aliphatic rings. The maximum absolute atomic E-state index is 10.8. The van der Waals surface area contributed by atoms with Gasteiger partial charge in [-0.1, -0.05) is 13.8 Å². The first-order chi connectivity index (χ1) is 10.1. The van der Waals surface area contributed by atoms with Crippen LogP contribution in [0.4, 0.5) is 5.69 Å². The summed E-state index contributed by atoms with van der Waals surface area (Å²) in [5.41, 5.74) is 1.82. The van der Waals surface area contributed by atoms with Gasteiger partial charge in [-0.05, 0) is 43.7 Å². The second-order valence-electron chi connectivity index (χ2n) is 4.98. The van der Waals surface area contributed by atoms with E-state index in [-0.39, 0.29) is 16.7 Å². The average Bonchev–Trinajstić information content (AvgIpc) is 2.93. The van der Waals surface area contributed by atoms with Gasteiger partial charge < -0.3 is 9.73 Å². The molecule has 1 heterocycles. The summed E-state index contributed by atoms with van der Waals surface area (Å²) < 4.78 is 5.92. The first-order valence-corrected chi connectivity index (χ1v) is 7.15. The molecule has 0 spiro atoms. The Hall–Kier alpha value is -2.14. The zero-order chi connectivity index (χ0) is 15.4. The lowest BCUT2D eigenvalue weighted by Crippen LogP contribution is -2.19. The van der Waals surface area contributed by atoms with Gasteiger partial charge in [-0.15, -0.1) is 0 Å². The van der Waals surface area contributed by atoms with Crippen LogP contribution in [0.15, 0.2) is 34.7 Å². The molecule has 0 amide bonds. The molecule has 1 unspecified atom stereocenters. The van der Waals surface area contributed by atoms with Gasteiger partial charge in [-0.25, -0.2) is 0 Å². The van der Waals surface area contributed by atoms with Gasteiger partial charge in [0.05, 0.1) is 11.0 Å². The summed E-state index contributed by atoms with van der Waals surface area (Å²) in [7, 11) is 0. The molecule has 0 saturated heterocycles. The zero-order valence-corrected chi connectivity index (χ0v) is 12.6. The maximum Gasteiger partial charge on any atom is 0.269 e. The number of rotatable bonds is 6. The Kier molecular flexibility index (Phi) is 4.75. The Morgan fingerprint density at radius 2 is 2.05 bits per heavy atom. The highest BCUT2D eigenvalue weighted by Gasteiger charge is 2.15. The van der Waals surface area contributed by atoms with Gasteiger partial charge >= 0.3 is 0 Å². The van der Waals surface area contributed by atoms with Crippen molar-refractivity contribution in [1.82, 2.24) is 5.32 Å². The molecule has 0 bridgehead atoms. The largest absolute Gasteiger partial charge is 0.459 e. The highest BCUT2D eigenvalue weighted by atomic mass is 16.6. The van der Waals surface area contributed by atoms with E-state index < -0.39 is 0 Å². The number of benzene rings is 1. The van der Waals surface area contributed by atoms with E-state index >= 15 is 0 Å². The van der Waals surface area contributed by atoms with Gasteiger partial charge in [0.15, 0.2) is 0 Å². The smallest absolute Gasteiger partial charge is 0.269 e. The van der Waals surface area contributed by atoms with Crippen molar-refractivity contribution >= 4 is 5.69 Å². The number of aryl methyl sites for hydroxylation is 1. The summed E-state index contributed by atoms with van der Waals surface area (Å²) in [6, 6.07) is 8.90. The van der Waals surface area contributed by atoms with Crippen LogP contribution in [0, 0.1) is 17.0 Å². The minimum atomic E-state index is -0.386. The first-order valence-electron chi connectivity index (χ1n) is 7.15. The van der Waals surface area contributed by atoms with Crippen molar-refractivity contribution in [3.8, 4) is 11.3 Å². The van der Waals surface area contributed by atoms with Crippen LogP contribution < -0.4 is 5.32 Å². The monoisotopic (exact) mass is 288 g/mol. The van der Waals surface area contributed by atoms with Crippen LogP contribution in [-0.2, 0) is 0 Å².